The van der Waals surface area contributed by atoms with Crippen LogP contribution in [0.3, 0.4) is 0 Å². The summed E-state index contributed by atoms with van der Waals surface area (Å²) < 4.78 is 0. The number of carbonyl (C=O) groups is 1. The summed E-state index contributed by atoms with van der Waals surface area (Å²) in [7, 11) is 0. The minimum absolute atomic E-state index is 0.196. The van der Waals surface area contributed by atoms with E-state index in [0.29, 0.717) is 12.5 Å². The number of carbonyl (C=O) groups excluding carboxylic acids is 1. The molecule has 1 saturated carbocycles. The Hall–Kier alpha value is -0.940. The first-order valence-electron chi connectivity index (χ1n) is 5.72. The lowest BCUT2D eigenvalue weighted by atomic mass is 10.3. The summed E-state index contributed by atoms with van der Waals surface area (Å²) in [6, 6.07) is 0.484. The molecule has 1 heterocycles. The number of aromatic nitrogens is 1. The number of hydrogen-bond acceptors (Lipinski definition) is 4. The standard InChI is InChI=1S/C11H17N3OS/c15-11(14-9-3-4-9)2-1-5-12-6-10-7-13-8-16-10/h7-9,12H,1-6H2,(H,14,15). The van der Waals surface area contributed by atoms with Crippen LogP contribution in [0.2, 0.25) is 0 Å². The van der Waals surface area contributed by atoms with E-state index in [9.17, 15) is 4.79 Å². The van der Waals surface area contributed by atoms with Crippen molar-refractivity contribution in [3.8, 4) is 0 Å². The zero-order valence-corrected chi connectivity index (χ0v) is 10.1. The average molecular weight is 239 g/mol. The molecular formula is C11H17N3OS. The second-order valence-electron chi connectivity index (χ2n) is 4.09. The van der Waals surface area contributed by atoms with Gasteiger partial charge >= 0.3 is 0 Å². The number of amides is 1. The van der Waals surface area contributed by atoms with Crippen LogP contribution in [0, 0.1) is 0 Å². The Kier molecular flexibility index (Phi) is 4.30. The van der Waals surface area contributed by atoms with E-state index >= 15 is 0 Å². The molecule has 5 heteroatoms. The summed E-state index contributed by atoms with van der Waals surface area (Å²) in [4.78, 5) is 16.6. The van der Waals surface area contributed by atoms with Gasteiger partial charge in [0, 0.05) is 30.1 Å². The summed E-state index contributed by atoms with van der Waals surface area (Å²) in [5.41, 5.74) is 1.83. The summed E-state index contributed by atoms with van der Waals surface area (Å²) >= 11 is 1.65. The molecular weight excluding hydrogens is 222 g/mol. The fourth-order valence-corrected chi connectivity index (χ4v) is 2.01. The van der Waals surface area contributed by atoms with Crippen molar-refractivity contribution in [3.63, 3.8) is 0 Å². The Morgan fingerprint density at radius 1 is 1.56 bits per heavy atom. The molecule has 1 aromatic rings. The van der Waals surface area contributed by atoms with Gasteiger partial charge in [-0.3, -0.25) is 9.78 Å². The summed E-state index contributed by atoms with van der Waals surface area (Å²) in [5, 5.41) is 6.29. The smallest absolute Gasteiger partial charge is 0.220 e. The predicted molar refractivity (Wildman–Crippen MR) is 64.2 cm³/mol. The first-order chi connectivity index (χ1) is 7.84. The number of nitrogens with zero attached hydrogens (tertiary/aromatic N) is 1. The Morgan fingerprint density at radius 2 is 2.44 bits per heavy atom. The van der Waals surface area contributed by atoms with Crippen molar-refractivity contribution in [1.82, 2.24) is 15.6 Å². The third-order valence-electron chi connectivity index (χ3n) is 2.48. The van der Waals surface area contributed by atoms with Crippen molar-refractivity contribution in [2.75, 3.05) is 6.54 Å². The van der Waals surface area contributed by atoms with Gasteiger partial charge < -0.3 is 10.6 Å². The second kappa shape index (κ2) is 5.96. The monoisotopic (exact) mass is 239 g/mol. The lowest BCUT2D eigenvalue weighted by Gasteiger charge is -2.04. The molecule has 1 aromatic heterocycles. The molecule has 1 aliphatic carbocycles. The first kappa shape index (κ1) is 11.5. The van der Waals surface area contributed by atoms with Crippen LogP contribution in [-0.4, -0.2) is 23.5 Å². The Labute approximate surface area is 99.5 Å². The average Bonchev–Trinajstić information content (AvgIpc) is 2.93. The van der Waals surface area contributed by atoms with Crippen LogP contribution in [-0.2, 0) is 11.3 Å². The third kappa shape index (κ3) is 4.28. The van der Waals surface area contributed by atoms with Crippen LogP contribution in [0.5, 0.6) is 0 Å². The highest BCUT2D eigenvalue weighted by atomic mass is 32.1. The van der Waals surface area contributed by atoms with Crippen molar-refractivity contribution in [3.05, 3.63) is 16.6 Å². The molecule has 2 rings (SSSR count). The van der Waals surface area contributed by atoms with Gasteiger partial charge in [0.25, 0.3) is 0 Å². The van der Waals surface area contributed by atoms with Gasteiger partial charge in [-0.05, 0) is 25.8 Å². The van der Waals surface area contributed by atoms with Gasteiger partial charge in [-0.25, -0.2) is 0 Å². The van der Waals surface area contributed by atoms with Crippen LogP contribution in [0.25, 0.3) is 0 Å². The fourth-order valence-electron chi connectivity index (χ4n) is 1.44. The zero-order valence-electron chi connectivity index (χ0n) is 9.24. The second-order valence-corrected chi connectivity index (χ2v) is 5.06. The van der Waals surface area contributed by atoms with Crippen LogP contribution >= 0.6 is 11.3 Å². The molecule has 0 atom stereocenters. The Morgan fingerprint density at radius 3 is 3.12 bits per heavy atom. The maximum atomic E-state index is 11.3. The van der Waals surface area contributed by atoms with E-state index in [1.807, 2.05) is 11.7 Å². The van der Waals surface area contributed by atoms with E-state index in [2.05, 4.69) is 15.6 Å². The van der Waals surface area contributed by atoms with E-state index in [4.69, 9.17) is 0 Å². The molecule has 1 fully saturated rings. The molecule has 88 valence electrons. The Balaban J connectivity index is 1.46. The van der Waals surface area contributed by atoms with Crippen molar-refractivity contribution in [1.29, 1.82) is 0 Å². The molecule has 16 heavy (non-hydrogen) atoms. The maximum Gasteiger partial charge on any atom is 0.220 e. The number of rotatable bonds is 7. The molecule has 0 unspecified atom stereocenters. The topological polar surface area (TPSA) is 54.0 Å². The van der Waals surface area contributed by atoms with Crippen LogP contribution < -0.4 is 10.6 Å². The van der Waals surface area contributed by atoms with E-state index in [1.165, 1.54) is 4.88 Å². The van der Waals surface area contributed by atoms with Crippen LogP contribution in [0.15, 0.2) is 11.7 Å². The highest BCUT2D eigenvalue weighted by molar-refractivity contribution is 7.09. The van der Waals surface area contributed by atoms with Gasteiger partial charge in [0.15, 0.2) is 0 Å². The summed E-state index contributed by atoms with van der Waals surface area (Å²) in [6.07, 6.45) is 5.73. The SMILES string of the molecule is O=C(CCCNCc1cncs1)NC1CC1. The predicted octanol–water partition coefficient (Wildman–Crippen LogP) is 1.29. The molecule has 0 spiro atoms. The van der Waals surface area contributed by atoms with E-state index in [0.717, 1.165) is 32.4 Å². The largest absolute Gasteiger partial charge is 0.353 e. The molecule has 0 aromatic carbocycles. The number of hydrogen-bond donors (Lipinski definition) is 2. The quantitative estimate of drug-likeness (QED) is 0.705. The minimum atomic E-state index is 0.196. The van der Waals surface area contributed by atoms with E-state index in [-0.39, 0.29) is 5.91 Å². The number of nitrogens with one attached hydrogen (secondary N) is 2. The molecule has 1 aliphatic rings. The molecule has 0 saturated heterocycles. The molecule has 1 amide bonds. The number of thiazole rings is 1. The summed E-state index contributed by atoms with van der Waals surface area (Å²) in [5.74, 6) is 0.196. The molecule has 4 nitrogen and oxygen atoms in total. The van der Waals surface area contributed by atoms with Crippen LogP contribution in [0.4, 0.5) is 0 Å². The van der Waals surface area contributed by atoms with Gasteiger partial charge in [-0.1, -0.05) is 0 Å². The van der Waals surface area contributed by atoms with Gasteiger partial charge in [0.2, 0.25) is 5.91 Å². The molecule has 2 N–H and O–H groups in total. The van der Waals surface area contributed by atoms with Crippen molar-refractivity contribution < 1.29 is 4.79 Å². The highest BCUT2D eigenvalue weighted by Crippen LogP contribution is 2.18. The maximum absolute atomic E-state index is 11.3. The zero-order chi connectivity index (χ0) is 11.2. The van der Waals surface area contributed by atoms with Crippen molar-refractivity contribution in [2.45, 2.75) is 38.3 Å². The van der Waals surface area contributed by atoms with E-state index < -0.39 is 0 Å². The molecule has 0 bridgehead atoms. The van der Waals surface area contributed by atoms with E-state index in [1.54, 1.807) is 11.3 Å². The fraction of sp³-hybridized carbons (Fsp3) is 0.636. The van der Waals surface area contributed by atoms with Crippen molar-refractivity contribution in [2.24, 2.45) is 0 Å². The third-order valence-corrected chi connectivity index (χ3v) is 3.26. The molecule has 0 aliphatic heterocycles. The van der Waals surface area contributed by atoms with Gasteiger partial charge in [0.1, 0.15) is 0 Å². The Bertz CT molecular complexity index is 322. The minimum Gasteiger partial charge on any atom is -0.353 e. The first-order valence-corrected chi connectivity index (χ1v) is 6.60. The normalized spacial score (nSPS) is 15.0. The lowest BCUT2D eigenvalue weighted by molar-refractivity contribution is -0.121. The van der Waals surface area contributed by atoms with Gasteiger partial charge in [-0.2, -0.15) is 0 Å². The summed E-state index contributed by atoms with van der Waals surface area (Å²) in [6.45, 7) is 1.74. The van der Waals surface area contributed by atoms with Crippen molar-refractivity contribution >= 4 is 17.2 Å². The highest BCUT2D eigenvalue weighted by Gasteiger charge is 2.22. The molecule has 0 radical (unpaired) electrons. The lowest BCUT2D eigenvalue weighted by Crippen LogP contribution is -2.26. The van der Waals surface area contributed by atoms with Gasteiger partial charge in [0.05, 0.1) is 5.51 Å². The van der Waals surface area contributed by atoms with Crippen LogP contribution in [0.1, 0.15) is 30.6 Å². The van der Waals surface area contributed by atoms with Gasteiger partial charge in [-0.15, -0.1) is 11.3 Å².